The molecule has 0 bridgehead atoms. The Morgan fingerprint density at radius 3 is 2.50 bits per heavy atom. The number of aromatic amines is 1. The van der Waals surface area contributed by atoms with Gasteiger partial charge in [0.1, 0.15) is 22.5 Å². The number of halogens is 2. The molecule has 0 aliphatic heterocycles. The highest BCUT2D eigenvalue weighted by molar-refractivity contribution is 7.89. The van der Waals surface area contributed by atoms with Crippen molar-refractivity contribution in [2.24, 2.45) is 5.14 Å². The number of aromatic nitrogens is 3. The Kier molecular flexibility index (Phi) is 6.15. The van der Waals surface area contributed by atoms with Crippen molar-refractivity contribution in [1.82, 2.24) is 15.0 Å². The number of H-pyrrole nitrogens is 1. The van der Waals surface area contributed by atoms with Gasteiger partial charge in [0.25, 0.3) is 0 Å². The Balaban J connectivity index is 1.82. The number of pyridine rings is 2. The number of carbonyl (C=O) groups is 1. The van der Waals surface area contributed by atoms with Crippen molar-refractivity contribution in [3.63, 3.8) is 0 Å². The van der Waals surface area contributed by atoms with Crippen molar-refractivity contribution in [3.05, 3.63) is 77.2 Å². The van der Waals surface area contributed by atoms with Crippen LogP contribution < -0.4 is 9.88 Å². The maximum Gasteiger partial charge on any atom is 0.216 e. The van der Waals surface area contributed by atoms with Gasteiger partial charge in [0.15, 0.2) is 0 Å². The third-order valence-corrected chi connectivity index (χ3v) is 6.90. The van der Waals surface area contributed by atoms with Crippen LogP contribution in [0.3, 0.4) is 0 Å². The van der Waals surface area contributed by atoms with Crippen LogP contribution in [0.25, 0.3) is 22.2 Å². The Hall–Kier alpha value is -3.70. The number of sulfonamides is 1. The van der Waals surface area contributed by atoms with Gasteiger partial charge in [-0.05, 0) is 24.6 Å². The number of rotatable bonds is 7. The van der Waals surface area contributed by atoms with Gasteiger partial charge in [0, 0.05) is 52.3 Å². The fraction of sp³-hybridized carbons (Fsp3) is 0.174. The average molecular weight is 487 g/mol. The second kappa shape index (κ2) is 8.92. The Morgan fingerprint density at radius 2 is 1.88 bits per heavy atom. The van der Waals surface area contributed by atoms with Crippen LogP contribution in [0.5, 0.6) is 5.88 Å². The van der Waals surface area contributed by atoms with Crippen molar-refractivity contribution in [2.75, 3.05) is 7.11 Å². The van der Waals surface area contributed by atoms with E-state index in [4.69, 9.17) is 9.88 Å². The molecule has 34 heavy (non-hydrogen) atoms. The van der Waals surface area contributed by atoms with E-state index in [0.717, 1.165) is 12.1 Å². The number of primary sulfonamides is 1. The first kappa shape index (κ1) is 23.5. The van der Waals surface area contributed by atoms with E-state index in [-0.39, 0.29) is 17.5 Å². The predicted octanol–water partition coefficient (Wildman–Crippen LogP) is 3.88. The van der Waals surface area contributed by atoms with Crippen LogP contribution in [0.2, 0.25) is 0 Å². The normalized spacial score (nSPS) is 12.6. The van der Waals surface area contributed by atoms with Crippen LogP contribution in [0.4, 0.5) is 8.78 Å². The first-order valence-electron chi connectivity index (χ1n) is 10.2. The second-order valence-electron chi connectivity index (χ2n) is 7.55. The number of carbonyl (C=O) groups excluding carboxylic acids is 1. The molecule has 0 saturated heterocycles. The number of nitrogens with one attached hydrogen (secondary N) is 1. The smallest absolute Gasteiger partial charge is 0.216 e. The SMILES string of the molecule is CCC(c1ccc(F)c(C(=O)c2c[nH]c3ncc(-c4ccc(OC)nc4)cc23)c1F)S(N)(=O)=O. The third kappa shape index (κ3) is 4.15. The summed E-state index contributed by atoms with van der Waals surface area (Å²) in [5, 5.41) is 4.13. The fourth-order valence-corrected chi connectivity index (χ4v) is 4.81. The molecule has 1 aromatic carbocycles. The summed E-state index contributed by atoms with van der Waals surface area (Å²) in [5.74, 6) is -2.91. The summed E-state index contributed by atoms with van der Waals surface area (Å²) in [7, 11) is -2.69. The van der Waals surface area contributed by atoms with Gasteiger partial charge in [-0.15, -0.1) is 0 Å². The minimum atomic E-state index is -4.18. The number of nitrogens with zero attached hydrogens (tertiary/aromatic N) is 2. The molecule has 0 aliphatic rings. The second-order valence-corrected chi connectivity index (χ2v) is 9.30. The molecular formula is C23H20F2N4O4S. The van der Waals surface area contributed by atoms with Crippen molar-refractivity contribution in [1.29, 1.82) is 0 Å². The maximum absolute atomic E-state index is 15.3. The summed E-state index contributed by atoms with van der Waals surface area (Å²) in [6, 6.07) is 6.92. The molecule has 11 heteroatoms. The monoisotopic (exact) mass is 486 g/mol. The first-order valence-corrected chi connectivity index (χ1v) is 11.8. The molecule has 0 fully saturated rings. The number of hydrogen-bond acceptors (Lipinski definition) is 6. The lowest BCUT2D eigenvalue weighted by molar-refractivity contribution is 0.103. The minimum absolute atomic E-state index is 0.0237. The number of methoxy groups -OCH3 is 1. The van der Waals surface area contributed by atoms with Gasteiger partial charge >= 0.3 is 0 Å². The van der Waals surface area contributed by atoms with Crippen LogP contribution in [-0.4, -0.2) is 36.3 Å². The van der Waals surface area contributed by atoms with Gasteiger partial charge in [0.2, 0.25) is 21.7 Å². The summed E-state index contributed by atoms with van der Waals surface area (Å²) >= 11 is 0. The van der Waals surface area contributed by atoms with Gasteiger partial charge < -0.3 is 9.72 Å². The molecule has 0 amide bonds. The Bertz CT molecular complexity index is 1500. The van der Waals surface area contributed by atoms with Crippen LogP contribution in [-0.2, 0) is 10.0 Å². The molecule has 3 aromatic heterocycles. The zero-order chi connectivity index (χ0) is 24.6. The molecular weight excluding hydrogens is 466 g/mol. The standard InChI is InChI=1S/C23H20F2N4O4S/c1-3-18(34(26,31)32)14-5-6-17(24)20(21(14)25)22(30)16-11-29-23-15(16)8-13(10-28-23)12-4-7-19(33-2)27-9-12/h4-11,18H,3H2,1-2H3,(H,28,29)(H2,26,31,32). The van der Waals surface area contributed by atoms with Gasteiger partial charge in [-0.2, -0.15) is 0 Å². The largest absolute Gasteiger partial charge is 0.481 e. The minimum Gasteiger partial charge on any atom is -0.481 e. The summed E-state index contributed by atoms with van der Waals surface area (Å²) in [5.41, 5.74) is 0.389. The van der Waals surface area contributed by atoms with Crippen molar-refractivity contribution >= 4 is 26.8 Å². The lowest BCUT2D eigenvalue weighted by Gasteiger charge is -2.16. The van der Waals surface area contributed by atoms with E-state index in [2.05, 4.69) is 15.0 Å². The van der Waals surface area contributed by atoms with Crippen LogP contribution in [0.1, 0.15) is 40.1 Å². The maximum atomic E-state index is 15.3. The molecule has 0 aliphatic carbocycles. The molecule has 0 saturated carbocycles. The Labute approximate surface area is 193 Å². The summed E-state index contributed by atoms with van der Waals surface area (Å²) < 4.78 is 58.9. The van der Waals surface area contributed by atoms with Gasteiger partial charge in [-0.1, -0.05) is 13.0 Å². The van der Waals surface area contributed by atoms with Crippen LogP contribution >= 0.6 is 0 Å². The molecule has 1 unspecified atom stereocenters. The zero-order valence-corrected chi connectivity index (χ0v) is 19.0. The molecule has 0 radical (unpaired) electrons. The number of ketones is 1. The van der Waals surface area contributed by atoms with E-state index in [1.165, 1.54) is 20.2 Å². The van der Waals surface area contributed by atoms with E-state index < -0.39 is 38.3 Å². The number of benzene rings is 1. The van der Waals surface area contributed by atoms with Gasteiger partial charge in [-0.25, -0.2) is 32.3 Å². The van der Waals surface area contributed by atoms with E-state index in [0.29, 0.717) is 28.0 Å². The lowest BCUT2D eigenvalue weighted by Crippen LogP contribution is -2.23. The highest BCUT2D eigenvalue weighted by Gasteiger charge is 2.30. The molecule has 3 N–H and O–H groups in total. The molecule has 4 rings (SSSR count). The fourth-order valence-electron chi connectivity index (χ4n) is 3.81. The molecule has 3 heterocycles. The van der Waals surface area contributed by atoms with Crippen molar-refractivity contribution in [3.8, 4) is 17.0 Å². The molecule has 1 atom stereocenters. The van der Waals surface area contributed by atoms with E-state index in [1.807, 2.05) is 0 Å². The predicted molar refractivity (Wildman–Crippen MR) is 122 cm³/mol. The highest BCUT2D eigenvalue weighted by atomic mass is 32.2. The van der Waals surface area contributed by atoms with Crippen LogP contribution in [0, 0.1) is 11.6 Å². The quantitative estimate of drug-likeness (QED) is 0.382. The van der Waals surface area contributed by atoms with Crippen molar-refractivity contribution < 1.29 is 26.7 Å². The number of hydrogen-bond donors (Lipinski definition) is 2. The highest BCUT2D eigenvalue weighted by Crippen LogP contribution is 2.32. The average Bonchev–Trinajstić information content (AvgIpc) is 3.23. The number of ether oxygens (including phenoxy) is 1. The summed E-state index contributed by atoms with van der Waals surface area (Å²) in [6.45, 7) is 1.50. The number of fused-ring (bicyclic) bond motifs is 1. The van der Waals surface area contributed by atoms with E-state index >= 15 is 4.39 Å². The van der Waals surface area contributed by atoms with E-state index in [1.54, 1.807) is 30.6 Å². The van der Waals surface area contributed by atoms with Crippen molar-refractivity contribution in [2.45, 2.75) is 18.6 Å². The summed E-state index contributed by atoms with van der Waals surface area (Å²) in [6.07, 6.45) is 4.39. The van der Waals surface area contributed by atoms with Crippen LogP contribution in [0.15, 0.2) is 48.9 Å². The first-order chi connectivity index (χ1) is 16.2. The summed E-state index contributed by atoms with van der Waals surface area (Å²) in [4.78, 5) is 24.5. The molecule has 0 spiro atoms. The molecule has 4 aromatic rings. The lowest BCUT2D eigenvalue weighted by atomic mass is 9.97. The van der Waals surface area contributed by atoms with Gasteiger partial charge in [-0.3, -0.25) is 4.79 Å². The molecule has 8 nitrogen and oxygen atoms in total. The number of nitrogens with two attached hydrogens (primary N) is 1. The Morgan fingerprint density at radius 1 is 1.15 bits per heavy atom. The van der Waals surface area contributed by atoms with Gasteiger partial charge in [0.05, 0.1) is 12.7 Å². The topological polar surface area (TPSA) is 128 Å². The van der Waals surface area contributed by atoms with E-state index in [9.17, 15) is 17.6 Å². The molecule has 176 valence electrons. The third-order valence-electron chi connectivity index (χ3n) is 5.52. The zero-order valence-electron chi connectivity index (χ0n) is 18.2.